The third-order valence-electron chi connectivity index (χ3n) is 5.26. The van der Waals surface area contributed by atoms with Gasteiger partial charge >= 0.3 is 0 Å². The molecule has 2 aromatic rings. The molecule has 2 fully saturated rings. The van der Waals surface area contributed by atoms with Crippen molar-refractivity contribution in [3.05, 3.63) is 20.8 Å². The molecule has 0 aromatic carbocycles. The molecule has 0 bridgehead atoms. The van der Waals surface area contributed by atoms with Crippen LogP contribution in [-0.2, 0) is 9.47 Å². The van der Waals surface area contributed by atoms with Crippen LogP contribution in [0.1, 0.15) is 48.6 Å². The first-order valence-corrected chi connectivity index (χ1v) is 10.8. The average molecular weight is 381 g/mol. The normalized spacial score (nSPS) is 22.1. The minimum absolute atomic E-state index is 0.147. The summed E-state index contributed by atoms with van der Waals surface area (Å²) in [5, 5.41) is 1.68. The first-order chi connectivity index (χ1) is 12.1. The predicted octanol–water partition coefficient (Wildman–Crippen LogP) is 4.05. The molecule has 1 atom stereocenters. The van der Waals surface area contributed by atoms with Gasteiger partial charge in [-0.15, -0.1) is 11.3 Å². The Morgan fingerprint density at radius 1 is 1.28 bits per heavy atom. The second-order valence-electron chi connectivity index (χ2n) is 6.89. The Bertz CT molecular complexity index is 818. The van der Waals surface area contributed by atoms with Crippen LogP contribution in [0.25, 0.3) is 10.2 Å². The monoisotopic (exact) mass is 380 g/mol. The summed E-state index contributed by atoms with van der Waals surface area (Å²) in [5.74, 6) is 0.817. The Balaban J connectivity index is 1.72. The number of fused-ring (bicyclic) bond motifs is 1. The minimum atomic E-state index is 0.147. The van der Waals surface area contributed by atoms with Crippen molar-refractivity contribution in [2.75, 3.05) is 19.2 Å². The summed E-state index contributed by atoms with van der Waals surface area (Å²) >= 11 is 3.29. The number of hydrogen-bond acceptors (Lipinski definition) is 6. The summed E-state index contributed by atoms with van der Waals surface area (Å²) in [6, 6.07) is 0.294. The lowest BCUT2D eigenvalue weighted by Crippen LogP contribution is -2.28. The van der Waals surface area contributed by atoms with Crippen molar-refractivity contribution in [2.45, 2.75) is 63.3 Å². The van der Waals surface area contributed by atoms with Crippen molar-refractivity contribution in [2.24, 2.45) is 0 Å². The molecule has 0 amide bonds. The van der Waals surface area contributed by atoms with Crippen molar-refractivity contribution in [1.29, 1.82) is 0 Å². The van der Waals surface area contributed by atoms with Crippen LogP contribution in [0.3, 0.4) is 0 Å². The van der Waals surface area contributed by atoms with E-state index in [1.807, 2.05) is 11.5 Å². The maximum Gasteiger partial charge on any atom is 0.263 e. The first kappa shape index (κ1) is 17.5. The molecule has 3 heterocycles. The van der Waals surface area contributed by atoms with Crippen molar-refractivity contribution in [1.82, 2.24) is 9.55 Å². The molecule has 1 saturated carbocycles. The van der Waals surface area contributed by atoms with Crippen molar-refractivity contribution in [3.63, 3.8) is 0 Å². The Kier molecular flexibility index (Phi) is 5.18. The molecule has 2 aliphatic rings. The number of aromatic nitrogens is 2. The Morgan fingerprint density at radius 2 is 2.08 bits per heavy atom. The topological polar surface area (TPSA) is 53.4 Å². The maximum absolute atomic E-state index is 13.3. The molecule has 1 aliphatic carbocycles. The fourth-order valence-electron chi connectivity index (χ4n) is 3.67. The smallest absolute Gasteiger partial charge is 0.263 e. The Labute approximate surface area is 155 Å². The highest BCUT2D eigenvalue weighted by Crippen LogP contribution is 2.35. The molecular weight excluding hydrogens is 356 g/mol. The van der Waals surface area contributed by atoms with E-state index in [1.54, 1.807) is 23.1 Å². The summed E-state index contributed by atoms with van der Waals surface area (Å²) < 4.78 is 12.9. The van der Waals surface area contributed by atoms with Gasteiger partial charge in [0.05, 0.1) is 18.1 Å². The lowest BCUT2D eigenvalue weighted by molar-refractivity contribution is -0.130. The number of aryl methyl sites for hydroxylation is 2. The van der Waals surface area contributed by atoms with Gasteiger partial charge in [0.2, 0.25) is 0 Å². The molecule has 25 heavy (non-hydrogen) atoms. The molecule has 5 nitrogen and oxygen atoms in total. The molecule has 1 saturated heterocycles. The maximum atomic E-state index is 13.3. The molecule has 7 heteroatoms. The number of rotatable bonds is 4. The minimum Gasteiger partial charge on any atom is -0.355 e. The molecule has 0 radical (unpaired) electrons. The van der Waals surface area contributed by atoms with E-state index in [0.29, 0.717) is 12.8 Å². The zero-order valence-corrected chi connectivity index (χ0v) is 16.4. The van der Waals surface area contributed by atoms with Gasteiger partial charge < -0.3 is 9.47 Å². The number of thioether (sulfide) groups is 1. The molecule has 136 valence electrons. The van der Waals surface area contributed by atoms with Crippen LogP contribution < -0.4 is 5.56 Å². The van der Waals surface area contributed by atoms with E-state index in [1.165, 1.54) is 17.7 Å². The van der Waals surface area contributed by atoms with Crippen LogP contribution in [0.5, 0.6) is 0 Å². The number of hydrogen-bond donors (Lipinski definition) is 0. The highest BCUT2D eigenvalue weighted by Gasteiger charge is 2.25. The van der Waals surface area contributed by atoms with Gasteiger partial charge in [-0.1, -0.05) is 24.6 Å². The van der Waals surface area contributed by atoms with Gasteiger partial charge in [0.15, 0.2) is 5.16 Å². The van der Waals surface area contributed by atoms with Gasteiger partial charge in [0.25, 0.3) is 5.56 Å². The van der Waals surface area contributed by atoms with Crippen molar-refractivity contribution >= 4 is 33.3 Å². The molecule has 0 unspecified atom stereocenters. The Morgan fingerprint density at radius 3 is 2.80 bits per heavy atom. The molecule has 0 N–H and O–H groups in total. The van der Waals surface area contributed by atoms with Crippen LogP contribution in [0.4, 0.5) is 0 Å². The second-order valence-corrected chi connectivity index (χ2v) is 9.08. The molecule has 4 rings (SSSR count). The van der Waals surface area contributed by atoms with Crippen molar-refractivity contribution in [3.8, 4) is 0 Å². The van der Waals surface area contributed by atoms with Crippen LogP contribution in [-0.4, -0.2) is 34.8 Å². The predicted molar refractivity (Wildman–Crippen MR) is 102 cm³/mol. The largest absolute Gasteiger partial charge is 0.355 e. The van der Waals surface area contributed by atoms with Gasteiger partial charge in [-0.05, 0) is 38.7 Å². The van der Waals surface area contributed by atoms with E-state index < -0.39 is 0 Å². The highest BCUT2D eigenvalue weighted by atomic mass is 32.2. The number of nitrogens with zero attached hydrogens (tertiary/aromatic N) is 2. The molecule has 1 aliphatic heterocycles. The van der Waals surface area contributed by atoms with Crippen LogP contribution in [0.15, 0.2) is 9.95 Å². The SMILES string of the molecule is Cc1sc2nc(SC[C@H]3CCOCO3)n(C3CCCC3)c(=O)c2c1C. The van der Waals surface area contributed by atoms with E-state index in [-0.39, 0.29) is 11.7 Å². The molecular formula is C18H24N2O3S2. The van der Waals surface area contributed by atoms with Gasteiger partial charge in [-0.2, -0.15) is 0 Å². The van der Waals surface area contributed by atoms with Crippen molar-refractivity contribution < 1.29 is 9.47 Å². The fraction of sp³-hybridized carbons (Fsp3) is 0.667. The van der Waals surface area contributed by atoms with E-state index in [2.05, 4.69) is 6.92 Å². The van der Waals surface area contributed by atoms with Gasteiger partial charge in [0, 0.05) is 16.7 Å². The Hall–Kier alpha value is -0.890. The van der Waals surface area contributed by atoms with Crippen LogP contribution >= 0.6 is 23.1 Å². The molecule has 0 spiro atoms. The summed E-state index contributed by atoms with van der Waals surface area (Å²) in [6.07, 6.45) is 5.64. The zero-order chi connectivity index (χ0) is 17.4. The zero-order valence-electron chi connectivity index (χ0n) is 14.7. The highest BCUT2D eigenvalue weighted by molar-refractivity contribution is 7.99. The van der Waals surface area contributed by atoms with Gasteiger partial charge in [0.1, 0.15) is 11.6 Å². The van der Waals surface area contributed by atoms with Gasteiger partial charge in [-0.3, -0.25) is 9.36 Å². The fourth-order valence-corrected chi connectivity index (χ4v) is 5.88. The summed E-state index contributed by atoms with van der Waals surface area (Å²) in [4.78, 5) is 20.3. The van der Waals surface area contributed by atoms with E-state index >= 15 is 0 Å². The van der Waals surface area contributed by atoms with E-state index in [0.717, 1.165) is 52.6 Å². The van der Waals surface area contributed by atoms with E-state index in [4.69, 9.17) is 14.5 Å². The lowest BCUT2D eigenvalue weighted by atomic mass is 10.2. The van der Waals surface area contributed by atoms with Gasteiger partial charge in [-0.25, -0.2) is 4.98 Å². The second kappa shape index (κ2) is 7.39. The van der Waals surface area contributed by atoms with E-state index in [9.17, 15) is 4.79 Å². The third-order valence-corrected chi connectivity index (χ3v) is 7.45. The average Bonchev–Trinajstić information content (AvgIpc) is 3.23. The lowest BCUT2D eigenvalue weighted by Gasteiger charge is -2.23. The number of thiophene rings is 1. The standard InChI is InChI=1S/C18H24N2O3S2/c1-11-12(2)25-16-15(11)17(21)20(13-5-3-4-6-13)18(19-16)24-9-14-7-8-22-10-23-14/h13-14H,3-10H2,1-2H3/t14-/m1/s1. The summed E-state index contributed by atoms with van der Waals surface area (Å²) in [5.41, 5.74) is 1.24. The van der Waals surface area contributed by atoms with Crippen LogP contribution in [0.2, 0.25) is 0 Å². The summed E-state index contributed by atoms with van der Waals surface area (Å²) in [6.45, 7) is 5.23. The number of ether oxygens (including phenoxy) is 2. The molecule has 2 aromatic heterocycles. The summed E-state index contributed by atoms with van der Waals surface area (Å²) in [7, 11) is 0. The third kappa shape index (κ3) is 3.39. The first-order valence-electron chi connectivity index (χ1n) is 8.99. The quantitative estimate of drug-likeness (QED) is 0.592. The van der Waals surface area contributed by atoms with Crippen LogP contribution in [0, 0.1) is 13.8 Å².